The molecule has 0 spiro atoms. The van der Waals surface area contributed by atoms with Crippen molar-refractivity contribution in [3.05, 3.63) is 16.1 Å². The summed E-state index contributed by atoms with van der Waals surface area (Å²) in [6.45, 7) is 5.52. The first-order valence-electron chi connectivity index (χ1n) is 7.94. The summed E-state index contributed by atoms with van der Waals surface area (Å²) >= 11 is 1.84. The molecule has 0 bridgehead atoms. The summed E-state index contributed by atoms with van der Waals surface area (Å²) in [5.74, 6) is 3.01. The Morgan fingerprint density at radius 2 is 2.11 bits per heavy atom. The standard InChI is InChI=1S/C16H26N2S/c1-3-8-17-14(9-15-18-11(2)10-19-15)16-12-6-4-5-7-13(12)16/h10,12-14,16-17H,3-9H2,1-2H3. The van der Waals surface area contributed by atoms with Gasteiger partial charge in [0.2, 0.25) is 0 Å². The summed E-state index contributed by atoms with van der Waals surface area (Å²) in [4.78, 5) is 4.66. The van der Waals surface area contributed by atoms with E-state index < -0.39 is 0 Å². The number of nitrogens with zero attached hydrogens (tertiary/aromatic N) is 1. The third-order valence-corrected chi connectivity index (χ3v) is 5.89. The number of rotatable bonds is 6. The number of hydrogen-bond donors (Lipinski definition) is 1. The van der Waals surface area contributed by atoms with Gasteiger partial charge in [0.1, 0.15) is 0 Å². The highest BCUT2D eigenvalue weighted by atomic mass is 32.1. The molecule has 106 valence electrons. The molecular formula is C16H26N2S. The number of aromatic nitrogens is 1. The van der Waals surface area contributed by atoms with E-state index in [0.29, 0.717) is 6.04 Å². The molecule has 0 aliphatic heterocycles. The first-order valence-corrected chi connectivity index (χ1v) is 8.82. The van der Waals surface area contributed by atoms with Gasteiger partial charge in [-0.2, -0.15) is 0 Å². The zero-order valence-corrected chi connectivity index (χ0v) is 13.0. The lowest BCUT2D eigenvalue weighted by atomic mass is 10.0. The fourth-order valence-electron chi connectivity index (χ4n) is 4.00. The van der Waals surface area contributed by atoms with Crippen LogP contribution in [0.4, 0.5) is 0 Å². The highest BCUT2D eigenvalue weighted by Crippen LogP contribution is 2.57. The van der Waals surface area contributed by atoms with Gasteiger partial charge < -0.3 is 5.32 Å². The average Bonchev–Trinajstić information content (AvgIpc) is 3.01. The molecule has 3 atom stereocenters. The zero-order valence-electron chi connectivity index (χ0n) is 12.2. The Kier molecular flexibility index (Phi) is 4.23. The van der Waals surface area contributed by atoms with Crippen LogP contribution >= 0.6 is 11.3 Å². The molecule has 1 N–H and O–H groups in total. The Morgan fingerprint density at radius 1 is 1.37 bits per heavy atom. The van der Waals surface area contributed by atoms with Crippen molar-refractivity contribution in [3.63, 3.8) is 0 Å². The molecule has 2 nitrogen and oxygen atoms in total. The first kappa shape index (κ1) is 13.6. The van der Waals surface area contributed by atoms with Gasteiger partial charge in [-0.15, -0.1) is 11.3 Å². The Hall–Kier alpha value is -0.410. The Bertz CT molecular complexity index is 403. The van der Waals surface area contributed by atoms with Gasteiger partial charge in [-0.05, 0) is 50.5 Å². The predicted molar refractivity (Wildman–Crippen MR) is 81.6 cm³/mol. The van der Waals surface area contributed by atoms with E-state index in [1.165, 1.54) is 42.8 Å². The molecule has 2 aliphatic carbocycles. The van der Waals surface area contributed by atoms with E-state index in [1.807, 2.05) is 11.3 Å². The summed E-state index contributed by atoms with van der Waals surface area (Å²) in [5.41, 5.74) is 1.18. The maximum atomic E-state index is 4.66. The number of hydrogen-bond acceptors (Lipinski definition) is 3. The highest BCUT2D eigenvalue weighted by Gasteiger charge is 2.53. The van der Waals surface area contributed by atoms with Gasteiger partial charge in [0.15, 0.2) is 0 Å². The Labute approximate surface area is 121 Å². The van der Waals surface area contributed by atoms with Crippen molar-refractivity contribution in [2.45, 2.75) is 58.4 Å². The lowest BCUT2D eigenvalue weighted by Gasteiger charge is -2.18. The van der Waals surface area contributed by atoms with Crippen LogP contribution in [0.3, 0.4) is 0 Å². The minimum atomic E-state index is 0.679. The molecule has 1 aromatic rings. The van der Waals surface area contributed by atoms with Crippen molar-refractivity contribution in [2.24, 2.45) is 17.8 Å². The Morgan fingerprint density at radius 3 is 2.68 bits per heavy atom. The molecule has 0 aromatic carbocycles. The maximum Gasteiger partial charge on any atom is 0.0943 e. The third kappa shape index (κ3) is 3.03. The smallest absolute Gasteiger partial charge is 0.0943 e. The molecule has 3 rings (SSSR count). The highest BCUT2D eigenvalue weighted by molar-refractivity contribution is 7.09. The number of nitrogens with one attached hydrogen (secondary N) is 1. The molecule has 3 heteroatoms. The molecule has 1 aromatic heterocycles. The molecule has 1 heterocycles. The molecule has 3 unspecified atom stereocenters. The lowest BCUT2D eigenvalue weighted by Crippen LogP contribution is -2.34. The van der Waals surface area contributed by atoms with E-state index in [0.717, 1.165) is 30.7 Å². The molecule has 19 heavy (non-hydrogen) atoms. The minimum Gasteiger partial charge on any atom is -0.313 e. The summed E-state index contributed by atoms with van der Waals surface area (Å²) in [6, 6.07) is 0.679. The van der Waals surface area contributed by atoms with E-state index in [-0.39, 0.29) is 0 Å². The van der Waals surface area contributed by atoms with Crippen molar-refractivity contribution in [2.75, 3.05) is 6.54 Å². The van der Waals surface area contributed by atoms with Crippen molar-refractivity contribution >= 4 is 11.3 Å². The van der Waals surface area contributed by atoms with E-state index in [2.05, 4.69) is 29.5 Å². The number of fused-ring (bicyclic) bond motifs is 1. The van der Waals surface area contributed by atoms with Crippen LogP contribution in [0.2, 0.25) is 0 Å². The SMILES string of the molecule is CCCNC(Cc1nc(C)cs1)C1C2CCCCC21. The van der Waals surface area contributed by atoms with Gasteiger partial charge in [-0.25, -0.2) is 4.98 Å². The van der Waals surface area contributed by atoms with Crippen LogP contribution in [0.5, 0.6) is 0 Å². The van der Waals surface area contributed by atoms with Crippen molar-refractivity contribution < 1.29 is 0 Å². The minimum absolute atomic E-state index is 0.679. The normalized spacial score (nSPS) is 30.9. The lowest BCUT2D eigenvalue weighted by molar-refractivity contribution is 0.427. The summed E-state index contributed by atoms with van der Waals surface area (Å²) in [6.07, 6.45) is 8.28. The summed E-state index contributed by atoms with van der Waals surface area (Å²) in [7, 11) is 0. The van der Waals surface area contributed by atoms with Crippen LogP contribution in [-0.2, 0) is 6.42 Å². The largest absolute Gasteiger partial charge is 0.313 e. The Balaban J connectivity index is 1.64. The monoisotopic (exact) mass is 278 g/mol. The van der Waals surface area contributed by atoms with Gasteiger partial charge in [0, 0.05) is 23.5 Å². The topological polar surface area (TPSA) is 24.9 Å². The van der Waals surface area contributed by atoms with E-state index in [9.17, 15) is 0 Å². The number of thiazole rings is 1. The van der Waals surface area contributed by atoms with Crippen LogP contribution in [0.1, 0.15) is 49.7 Å². The third-order valence-electron chi connectivity index (χ3n) is 4.90. The van der Waals surface area contributed by atoms with Gasteiger partial charge >= 0.3 is 0 Å². The second-order valence-electron chi connectivity index (χ2n) is 6.34. The van der Waals surface area contributed by atoms with E-state index in [1.54, 1.807) is 0 Å². The zero-order chi connectivity index (χ0) is 13.2. The van der Waals surface area contributed by atoms with Crippen LogP contribution in [0.25, 0.3) is 0 Å². The maximum absolute atomic E-state index is 4.66. The molecule has 0 saturated heterocycles. The molecule has 0 amide bonds. The van der Waals surface area contributed by atoms with E-state index in [4.69, 9.17) is 0 Å². The quantitative estimate of drug-likeness (QED) is 0.856. The van der Waals surface area contributed by atoms with Crippen molar-refractivity contribution in [1.29, 1.82) is 0 Å². The van der Waals surface area contributed by atoms with Gasteiger partial charge in [0.05, 0.1) is 5.01 Å². The summed E-state index contributed by atoms with van der Waals surface area (Å²) in [5, 5.41) is 7.33. The fourth-order valence-corrected chi connectivity index (χ4v) is 4.83. The van der Waals surface area contributed by atoms with Gasteiger partial charge in [-0.1, -0.05) is 19.8 Å². The van der Waals surface area contributed by atoms with Crippen LogP contribution in [-0.4, -0.2) is 17.6 Å². The second-order valence-corrected chi connectivity index (χ2v) is 7.28. The molecule has 2 saturated carbocycles. The van der Waals surface area contributed by atoms with Crippen LogP contribution in [0, 0.1) is 24.7 Å². The average molecular weight is 278 g/mol. The van der Waals surface area contributed by atoms with Gasteiger partial charge in [0.25, 0.3) is 0 Å². The van der Waals surface area contributed by atoms with Gasteiger partial charge in [-0.3, -0.25) is 0 Å². The van der Waals surface area contributed by atoms with Crippen LogP contribution < -0.4 is 5.32 Å². The van der Waals surface area contributed by atoms with Crippen molar-refractivity contribution in [3.8, 4) is 0 Å². The molecule has 0 radical (unpaired) electrons. The molecular weight excluding hydrogens is 252 g/mol. The second kappa shape index (κ2) is 5.92. The summed E-state index contributed by atoms with van der Waals surface area (Å²) < 4.78 is 0. The van der Waals surface area contributed by atoms with Crippen molar-refractivity contribution in [1.82, 2.24) is 10.3 Å². The van der Waals surface area contributed by atoms with Crippen LogP contribution in [0.15, 0.2) is 5.38 Å². The predicted octanol–water partition coefficient (Wildman–Crippen LogP) is 3.80. The molecule has 2 fully saturated rings. The van der Waals surface area contributed by atoms with E-state index >= 15 is 0 Å². The molecule has 2 aliphatic rings. The number of aryl methyl sites for hydroxylation is 1. The first-order chi connectivity index (χ1) is 9.29. The fraction of sp³-hybridized carbons (Fsp3) is 0.812.